The van der Waals surface area contributed by atoms with E-state index in [2.05, 4.69) is 20.1 Å². The number of fused-ring (bicyclic) bond motifs is 1. The third-order valence-electron chi connectivity index (χ3n) is 4.90. The Morgan fingerprint density at radius 3 is 2.46 bits per heavy atom. The number of carbonyl (C=O) groups excluding carboxylic acids is 1. The highest BCUT2D eigenvalue weighted by Gasteiger charge is 2.30. The van der Waals surface area contributed by atoms with Gasteiger partial charge in [-0.05, 0) is 49.9 Å². The van der Waals surface area contributed by atoms with Crippen LogP contribution in [0.4, 0.5) is 5.95 Å². The summed E-state index contributed by atoms with van der Waals surface area (Å²) >= 11 is 0. The highest BCUT2D eigenvalue weighted by atomic mass is 32.2. The lowest BCUT2D eigenvalue weighted by Gasteiger charge is -2.08. The molecule has 2 heterocycles. The molecule has 0 spiro atoms. The number of nitrogens with zero attached hydrogens (tertiary/aromatic N) is 3. The van der Waals surface area contributed by atoms with Crippen LogP contribution in [0.15, 0.2) is 47.4 Å². The Morgan fingerprint density at radius 2 is 1.79 bits per heavy atom. The maximum atomic E-state index is 12.3. The molecule has 5 rings (SSSR count). The summed E-state index contributed by atoms with van der Waals surface area (Å²) in [5, 5.41) is 7.16. The van der Waals surface area contributed by atoms with Crippen molar-refractivity contribution in [3.05, 3.63) is 42.5 Å². The van der Waals surface area contributed by atoms with Crippen molar-refractivity contribution < 1.29 is 13.2 Å². The SMILES string of the molecule is O=C(Nc1nc2cccc(-c3ccc(S(=O)(=O)NC4CC4)cc3)n2n1)C1CC1. The van der Waals surface area contributed by atoms with Crippen molar-refractivity contribution in [3.8, 4) is 11.3 Å². The van der Waals surface area contributed by atoms with Crippen molar-refractivity contribution in [2.75, 3.05) is 5.32 Å². The van der Waals surface area contributed by atoms with E-state index < -0.39 is 10.0 Å². The molecule has 144 valence electrons. The molecule has 1 aromatic carbocycles. The summed E-state index contributed by atoms with van der Waals surface area (Å²) < 4.78 is 29.0. The monoisotopic (exact) mass is 397 g/mol. The Morgan fingerprint density at radius 1 is 1.04 bits per heavy atom. The van der Waals surface area contributed by atoms with Crippen LogP contribution < -0.4 is 10.0 Å². The van der Waals surface area contributed by atoms with Crippen LogP contribution >= 0.6 is 0 Å². The summed E-state index contributed by atoms with van der Waals surface area (Å²) in [6, 6.07) is 12.3. The molecule has 0 bridgehead atoms. The molecule has 9 heteroatoms. The van der Waals surface area contributed by atoms with Crippen LogP contribution in [-0.2, 0) is 14.8 Å². The molecular weight excluding hydrogens is 378 g/mol. The maximum absolute atomic E-state index is 12.3. The minimum absolute atomic E-state index is 0.0461. The van der Waals surface area contributed by atoms with E-state index in [0.29, 0.717) is 5.65 Å². The van der Waals surface area contributed by atoms with Gasteiger partial charge < -0.3 is 0 Å². The van der Waals surface area contributed by atoms with Crippen molar-refractivity contribution in [2.45, 2.75) is 36.6 Å². The van der Waals surface area contributed by atoms with E-state index in [0.717, 1.165) is 36.9 Å². The van der Waals surface area contributed by atoms with Gasteiger partial charge >= 0.3 is 0 Å². The van der Waals surface area contributed by atoms with Crippen molar-refractivity contribution in [1.29, 1.82) is 0 Å². The average Bonchev–Trinajstić information content (AvgIpc) is 3.60. The standard InChI is InChI=1S/C19H19N5O3S/c25-18(13-4-5-13)21-19-20-17-3-1-2-16(24(17)22-19)12-6-10-15(11-7-12)28(26,27)23-14-8-9-14/h1-3,6-7,10-11,13-14,23H,4-5,8-9H2,(H,21,22,25). The first kappa shape index (κ1) is 17.3. The third kappa shape index (κ3) is 3.38. The van der Waals surface area contributed by atoms with Gasteiger partial charge in [-0.1, -0.05) is 18.2 Å². The molecule has 2 fully saturated rings. The van der Waals surface area contributed by atoms with Crippen LogP contribution in [0.25, 0.3) is 16.9 Å². The van der Waals surface area contributed by atoms with Gasteiger partial charge in [0.25, 0.3) is 0 Å². The lowest BCUT2D eigenvalue weighted by Crippen LogP contribution is -2.25. The van der Waals surface area contributed by atoms with Gasteiger partial charge in [-0.3, -0.25) is 10.1 Å². The number of sulfonamides is 1. The number of rotatable bonds is 6. The van der Waals surface area contributed by atoms with Crippen LogP contribution in [0, 0.1) is 5.92 Å². The third-order valence-corrected chi connectivity index (χ3v) is 6.44. The van der Waals surface area contributed by atoms with E-state index in [1.54, 1.807) is 28.8 Å². The topological polar surface area (TPSA) is 105 Å². The summed E-state index contributed by atoms with van der Waals surface area (Å²) in [5.41, 5.74) is 2.17. The first-order chi connectivity index (χ1) is 13.5. The van der Waals surface area contributed by atoms with Crippen molar-refractivity contribution in [1.82, 2.24) is 19.3 Å². The van der Waals surface area contributed by atoms with Crippen LogP contribution in [0.1, 0.15) is 25.7 Å². The summed E-state index contributed by atoms with van der Waals surface area (Å²) in [6.45, 7) is 0. The Labute approximate surface area is 162 Å². The molecule has 0 radical (unpaired) electrons. The molecule has 8 nitrogen and oxygen atoms in total. The second-order valence-electron chi connectivity index (χ2n) is 7.30. The number of nitrogens with one attached hydrogen (secondary N) is 2. The molecule has 2 aromatic heterocycles. The van der Waals surface area contributed by atoms with Crippen LogP contribution in [-0.4, -0.2) is 35.0 Å². The van der Waals surface area contributed by atoms with E-state index >= 15 is 0 Å². The zero-order chi connectivity index (χ0) is 19.3. The van der Waals surface area contributed by atoms with E-state index in [9.17, 15) is 13.2 Å². The van der Waals surface area contributed by atoms with Gasteiger partial charge in [0.15, 0.2) is 5.65 Å². The number of amides is 1. The molecule has 3 aromatic rings. The van der Waals surface area contributed by atoms with E-state index in [-0.39, 0.29) is 28.7 Å². The van der Waals surface area contributed by atoms with Crippen LogP contribution in [0.3, 0.4) is 0 Å². The second kappa shape index (κ2) is 6.39. The lowest BCUT2D eigenvalue weighted by molar-refractivity contribution is -0.117. The van der Waals surface area contributed by atoms with E-state index in [1.807, 2.05) is 18.2 Å². The Bertz CT molecular complexity index is 1160. The second-order valence-corrected chi connectivity index (χ2v) is 9.01. The zero-order valence-electron chi connectivity index (χ0n) is 15.0. The van der Waals surface area contributed by atoms with E-state index in [4.69, 9.17) is 0 Å². The van der Waals surface area contributed by atoms with Crippen molar-refractivity contribution >= 4 is 27.5 Å². The fourth-order valence-electron chi connectivity index (χ4n) is 3.03. The van der Waals surface area contributed by atoms with E-state index in [1.165, 1.54) is 0 Å². The highest BCUT2D eigenvalue weighted by Crippen LogP contribution is 2.30. The summed E-state index contributed by atoms with van der Waals surface area (Å²) in [6.07, 6.45) is 3.61. The summed E-state index contributed by atoms with van der Waals surface area (Å²) in [7, 11) is -3.48. The minimum Gasteiger partial charge on any atom is -0.293 e. The quantitative estimate of drug-likeness (QED) is 0.663. The highest BCUT2D eigenvalue weighted by molar-refractivity contribution is 7.89. The smallest absolute Gasteiger partial charge is 0.249 e. The number of benzene rings is 1. The fourth-order valence-corrected chi connectivity index (χ4v) is 4.33. The zero-order valence-corrected chi connectivity index (χ0v) is 15.8. The van der Waals surface area contributed by atoms with Gasteiger partial charge in [-0.15, -0.1) is 5.10 Å². The van der Waals surface area contributed by atoms with Crippen LogP contribution in [0.2, 0.25) is 0 Å². The molecular formula is C19H19N5O3S. The lowest BCUT2D eigenvalue weighted by atomic mass is 10.1. The molecule has 0 aliphatic heterocycles. The number of hydrogen-bond acceptors (Lipinski definition) is 5. The average molecular weight is 397 g/mol. The first-order valence-corrected chi connectivity index (χ1v) is 10.8. The van der Waals surface area contributed by atoms with Gasteiger partial charge in [0, 0.05) is 17.5 Å². The predicted molar refractivity (Wildman–Crippen MR) is 103 cm³/mol. The molecule has 1 amide bonds. The Hall–Kier alpha value is -2.78. The molecule has 0 saturated heterocycles. The Kier molecular flexibility index (Phi) is 3.95. The summed E-state index contributed by atoms with van der Waals surface area (Å²) in [5.74, 6) is 0.303. The molecule has 2 aliphatic rings. The van der Waals surface area contributed by atoms with Gasteiger partial charge in [-0.25, -0.2) is 17.7 Å². The Balaban J connectivity index is 1.45. The number of aromatic nitrogens is 3. The number of carbonyl (C=O) groups is 1. The van der Waals surface area contributed by atoms with Gasteiger partial charge in [-0.2, -0.15) is 4.98 Å². The van der Waals surface area contributed by atoms with Gasteiger partial charge in [0.05, 0.1) is 10.6 Å². The van der Waals surface area contributed by atoms with Crippen molar-refractivity contribution in [2.24, 2.45) is 5.92 Å². The predicted octanol–water partition coefficient (Wildman–Crippen LogP) is 2.19. The minimum atomic E-state index is -3.48. The van der Waals surface area contributed by atoms with Crippen molar-refractivity contribution in [3.63, 3.8) is 0 Å². The molecule has 2 saturated carbocycles. The number of pyridine rings is 1. The number of anilines is 1. The van der Waals surface area contributed by atoms with Gasteiger partial charge in [0.2, 0.25) is 21.9 Å². The molecule has 2 aliphatic carbocycles. The largest absolute Gasteiger partial charge is 0.293 e. The van der Waals surface area contributed by atoms with Gasteiger partial charge in [0.1, 0.15) is 0 Å². The van der Waals surface area contributed by atoms with Crippen LogP contribution in [0.5, 0.6) is 0 Å². The molecule has 0 atom stereocenters. The number of hydrogen-bond donors (Lipinski definition) is 2. The summed E-state index contributed by atoms with van der Waals surface area (Å²) in [4.78, 5) is 16.6. The maximum Gasteiger partial charge on any atom is 0.249 e. The molecule has 28 heavy (non-hydrogen) atoms. The first-order valence-electron chi connectivity index (χ1n) is 9.29. The normalized spacial score (nSPS) is 17.0. The fraction of sp³-hybridized carbons (Fsp3) is 0.316. The molecule has 0 unspecified atom stereocenters. The molecule has 2 N–H and O–H groups in total.